The first-order chi connectivity index (χ1) is 19.0. The number of ether oxygens (including phenoxy) is 1. The van der Waals surface area contributed by atoms with Crippen LogP contribution in [0.25, 0.3) is 0 Å². The number of pyridine rings is 1. The van der Waals surface area contributed by atoms with E-state index >= 15 is 0 Å². The van der Waals surface area contributed by atoms with Gasteiger partial charge in [-0.25, -0.2) is 4.79 Å². The quantitative estimate of drug-likeness (QED) is 0.101. The van der Waals surface area contributed by atoms with Crippen LogP contribution in [0.1, 0.15) is 39.1 Å². The predicted octanol–water partition coefficient (Wildman–Crippen LogP) is 6.71. The fraction of sp³-hybridized carbons (Fsp3) is 0.107. The molecule has 0 aliphatic rings. The molecule has 0 aliphatic carbocycles. The van der Waals surface area contributed by atoms with Crippen molar-refractivity contribution < 1.29 is 35.3 Å². The van der Waals surface area contributed by atoms with Crippen LogP contribution in [0.15, 0.2) is 103 Å². The summed E-state index contributed by atoms with van der Waals surface area (Å²) in [6, 6.07) is 22.9. The van der Waals surface area contributed by atoms with Gasteiger partial charge in [0, 0.05) is 17.4 Å². The van der Waals surface area contributed by atoms with Crippen molar-refractivity contribution in [1.82, 2.24) is 4.98 Å². The zero-order chi connectivity index (χ0) is 28.9. The number of hydrogen-bond acceptors (Lipinski definition) is 7. The lowest BCUT2D eigenvalue weighted by Gasteiger charge is -2.26. The molecule has 12 heteroatoms. The summed E-state index contributed by atoms with van der Waals surface area (Å²) in [5.41, 5.74) is -4.05. The summed E-state index contributed by atoms with van der Waals surface area (Å²) in [4.78, 5) is 16.9. The Hall–Kier alpha value is -4.22. The number of aromatic nitrogens is 1. The third-order valence-electron chi connectivity index (χ3n) is 5.72. The predicted molar refractivity (Wildman–Crippen MR) is 142 cm³/mol. The van der Waals surface area contributed by atoms with Crippen LogP contribution >= 0.6 is 11.6 Å². The Balaban J connectivity index is 1.74. The first kappa shape index (κ1) is 28.8. The number of carbonyl (C=O) groups is 1. The number of esters is 1. The zero-order valence-electron chi connectivity index (χ0n) is 20.4. The molecule has 3 aromatic carbocycles. The van der Waals surface area contributed by atoms with E-state index in [1.54, 1.807) is 60.7 Å². The molecule has 0 bridgehead atoms. The van der Waals surface area contributed by atoms with E-state index < -0.39 is 39.4 Å². The number of halogens is 4. The minimum Gasteiger partial charge on any atom is -0.448 e. The second-order valence-corrected chi connectivity index (χ2v) is 10.4. The van der Waals surface area contributed by atoms with Crippen LogP contribution in [0.2, 0.25) is 5.02 Å². The molecular weight excluding hydrogens is 569 g/mol. The molecule has 0 aliphatic heterocycles. The molecular formula is C28H20ClF3N2O5S. The molecule has 0 radical (unpaired) electrons. The van der Waals surface area contributed by atoms with Gasteiger partial charge in [0.15, 0.2) is 6.10 Å². The molecule has 1 N–H and O–H groups in total. The van der Waals surface area contributed by atoms with Crippen molar-refractivity contribution in [2.75, 3.05) is 0 Å². The van der Waals surface area contributed by atoms with Crippen LogP contribution in [-0.4, -0.2) is 30.6 Å². The van der Waals surface area contributed by atoms with E-state index in [-0.39, 0.29) is 11.3 Å². The van der Waals surface area contributed by atoms with Crippen molar-refractivity contribution >= 4 is 33.4 Å². The number of alkyl halides is 3. The summed E-state index contributed by atoms with van der Waals surface area (Å²) in [5.74, 6) is -2.16. The van der Waals surface area contributed by atoms with Crippen LogP contribution < -0.4 is 4.18 Å². The summed E-state index contributed by atoms with van der Waals surface area (Å²) >= 11 is 6.06. The number of benzene rings is 3. The van der Waals surface area contributed by atoms with E-state index in [4.69, 9.17) is 16.3 Å². The monoisotopic (exact) mass is 588 g/mol. The van der Waals surface area contributed by atoms with E-state index in [2.05, 4.69) is 9.17 Å². The smallest absolute Gasteiger partial charge is 0.448 e. The number of carbonyl (C=O) groups excluding carboxylic acids is 1. The molecule has 4 rings (SSSR count). The van der Waals surface area contributed by atoms with Crippen molar-refractivity contribution in [3.8, 4) is 5.75 Å². The van der Waals surface area contributed by atoms with Gasteiger partial charge < -0.3 is 14.3 Å². The second-order valence-electron chi connectivity index (χ2n) is 8.43. The molecule has 40 heavy (non-hydrogen) atoms. The number of rotatable bonds is 9. The van der Waals surface area contributed by atoms with Gasteiger partial charge >= 0.3 is 21.6 Å². The lowest BCUT2D eigenvalue weighted by Crippen LogP contribution is -2.28. The maximum absolute atomic E-state index is 13.0. The van der Waals surface area contributed by atoms with Gasteiger partial charge in [-0.1, -0.05) is 66.2 Å². The Kier molecular flexibility index (Phi) is 8.55. The standard InChI is InChI=1S/C28H20ClF3N2O5S/c29-22-12-8-18(9-13-22)24(19-10-14-23(15-11-19)39-40(36,37)28(30,31)32)25(33)26(20-5-2-1-3-6-20)38-27(35)21-7-4-16-34-17-21/h1-17,24,26,33H. The molecule has 2 unspecified atom stereocenters. The highest BCUT2D eigenvalue weighted by atomic mass is 35.5. The van der Waals surface area contributed by atoms with E-state index in [1.807, 2.05) is 0 Å². The molecule has 0 amide bonds. The highest BCUT2D eigenvalue weighted by Crippen LogP contribution is 2.35. The van der Waals surface area contributed by atoms with Crippen LogP contribution in [-0.2, 0) is 14.9 Å². The third kappa shape index (κ3) is 6.67. The number of nitrogens with one attached hydrogen (secondary N) is 1. The zero-order valence-corrected chi connectivity index (χ0v) is 22.0. The van der Waals surface area contributed by atoms with Gasteiger partial charge in [-0.05, 0) is 53.1 Å². The highest BCUT2D eigenvalue weighted by molar-refractivity contribution is 7.88. The average molecular weight is 589 g/mol. The fourth-order valence-electron chi connectivity index (χ4n) is 3.85. The average Bonchev–Trinajstić information content (AvgIpc) is 2.94. The summed E-state index contributed by atoms with van der Waals surface area (Å²) < 4.78 is 71.1. The van der Waals surface area contributed by atoms with Crippen molar-refractivity contribution in [2.45, 2.75) is 17.5 Å². The van der Waals surface area contributed by atoms with Crippen molar-refractivity contribution in [1.29, 1.82) is 5.41 Å². The largest absolute Gasteiger partial charge is 0.534 e. The molecule has 0 fully saturated rings. The molecule has 1 heterocycles. The van der Waals surface area contributed by atoms with Crippen molar-refractivity contribution in [3.05, 3.63) is 131 Å². The molecule has 0 saturated heterocycles. The van der Waals surface area contributed by atoms with Crippen LogP contribution in [0.5, 0.6) is 5.75 Å². The normalized spacial score (nSPS) is 13.2. The van der Waals surface area contributed by atoms with Crippen molar-refractivity contribution in [2.24, 2.45) is 0 Å². The number of nitrogens with zero attached hydrogens (tertiary/aromatic N) is 1. The van der Waals surface area contributed by atoms with Gasteiger partial charge in [-0.2, -0.15) is 21.6 Å². The van der Waals surface area contributed by atoms with E-state index in [9.17, 15) is 31.8 Å². The first-order valence-corrected chi connectivity index (χ1v) is 13.4. The minimum atomic E-state index is -5.87. The topological polar surface area (TPSA) is 106 Å². The lowest BCUT2D eigenvalue weighted by molar-refractivity contribution is -0.0500. The molecule has 0 saturated carbocycles. The molecule has 2 atom stereocenters. The van der Waals surface area contributed by atoms with Gasteiger partial charge in [0.25, 0.3) is 0 Å². The van der Waals surface area contributed by atoms with Gasteiger partial charge in [-0.3, -0.25) is 4.98 Å². The van der Waals surface area contributed by atoms with Crippen LogP contribution in [0, 0.1) is 5.41 Å². The SMILES string of the molecule is N=C(C(OC(=O)c1cccnc1)c1ccccc1)C(c1ccc(Cl)cc1)c1ccc(OS(=O)(=O)C(F)(F)F)cc1. The Labute approximate surface area is 232 Å². The second kappa shape index (κ2) is 11.9. The van der Waals surface area contributed by atoms with Gasteiger partial charge in [0.2, 0.25) is 0 Å². The summed E-state index contributed by atoms with van der Waals surface area (Å²) in [6.45, 7) is 0. The number of hydrogen-bond donors (Lipinski definition) is 1. The molecule has 1 aromatic heterocycles. The molecule has 4 aromatic rings. The van der Waals surface area contributed by atoms with Crippen LogP contribution in [0.4, 0.5) is 13.2 Å². The van der Waals surface area contributed by atoms with Gasteiger partial charge in [-0.15, -0.1) is 0 Å². The molecule has 0 spiro atoms. The molecule has 7 nitrogen and oxygen atoms in total. The summed E-state index contributed by atoms with van der Waals surface area (Å²) in [5, 5.41) is 9.63. The Morgan fingerprint density at radius 3 is 2.00 bits per heavy atom. The Bertz CT molecular complexity index is 1580. The summed E-state index contributed by atoms with van der Waals surface area (Å²) in [6.07, 6.45) is 1.66. The molecule has 206 valence electrons. The summed E-state index contributed by atoms with van der Waals surface area (Å²) in [7, 11) is -5.87. The highest BCUT2D eigenvalue weighted by Gasteiger charge is 2.48. The van der Waals surface area contributed by atoms with E-state index in [0.29, 0.717) is 21.7 Å². The minimum absolute atomic E-state index is 0.0812. The van der Waals surface area contributed by atoms with Gasteiger partial charge in [0.1, 0.15) is 5.75 Å². The first-order valence-electron chi connectivity index (χ1n) is 11.6. The van der Waals surface area contributed by atoms with Gasteiger partial charge in [0.05, 0.1) is 17.2 Å². The van der Waals surface area contributed by atoms with Crippen molar-refractivity contribution in [3.63, 3.8) is 0 Å². The Morgan fingerprint density at radius 2 is 1.45 bits per heavy atom. The maximum Gasteiger partial charge on any atom is 0.534 e. The third-order valence-corrected chi connectivity index (χ3v) is 6.95. The van der Waals surface area contributed by atoms with E-state index in [0.717, 1.165) is 12.1 Å². The van der Waals surface area contributed by atoms with E-state index in [1.165, 1.54) is 30.6 Å². The maximum atomic E-state index is 13.0. The Morgan fingerprint density at radius 1 is 0.850 bits per heavy atom. The lowest BCUT2D eigenvalue weighted by atomic mass is 9.83. The van der Waals surface area contributed by atoms with Crippen LogP contribution in [0.3, 0.4) is 0 Å². The fourth-order valence-corrected chi connectivity index (χ4v) is 4.43.